The Hall–Kier alpha value is -1.48. The van der Waals surface area contributed by atoms with Crippen molar-refractivity contribution in [3.63, 3.8) is 0 Å². The van der Waals surface area contributed by atoms with Gasteiger partial charge in [-0.15, -0.1) is 5.92 Å². The predicted octanol–water partition coefficient (Wildman–Crippen LogP) is 3.80. The molecule has 76 valence electrons. The third kappa shape index (κ3) is 2.13. The highest BCUT2D eigenvalue weighted by atomic mass is 14.1. The summed E-state index contributed by atoms with van der Waals surface area (Å²) in [6.45, 7) is 4.11. The summed E-state index contributed by atoms with van der Waals surface area (Å²) in [5.41, 5.74) is 5.55. The van der Waals surface area contributed by atoms with Gasteiger partial charge in [0.05, 0.1) is 0 Å². The highest BCUT2D eigenvalue weighted by Crippen LogP contribution is 2.26. The molecule has 0 aliphatic heterocycles. The van der Waals surface area contributed by atoms with Crippen molar-refractivity contribution >= 4 is 6.08 Å². The predicted molar refractivity (Wildman–Crippen MR) is 65.6 cm³/mol. The molecule has 0 amide bonds. The number of aryl methyl sites for hydroxylation is 1. The van der Waals surface area contributed by atoms with Crippen LogP contribution in [0.25, 0.3) is 6.08 Å². The molecule has 0 nitrogen and oxygen atoms in total. The second-order valence-corrected chi connectivity index (χ2v) is 3.94. The average Bonchev–Trinajstić information content (AvgIpc) is 2.29. The molecule has 1 aliphatic carbocycles. The monoisotopic (exact) mass is 196 g/mol. The lowest BCUT2D eigenvalue weighted by atomic mass is 9.90. The van der Waals surface area contributed by atoms with Crippen LogP contribution in [0.5, 0.6) is 0 Å². The molecule has 0 atom stereocenters. The Morgan fingerprint density at radius 1 is 1.27 bits per heavy atom. The van der Waals surface area contributed by atoms with E-state index in [1.807, 2.05) is 6.92 Å². The van der Waals surface area contributed by atoms with Gasteiger partial charge in [0.25, 0.3) is 0 Å². The molecular weight excluding hydrogens is 180 g/mol. The van der Waals surface area contributed by atoms with Gasteiger partial charge in [-0.3, -0.25) is 0 Å². The van der Waals surface area contributed by atoms with E-state index in [4.69, 9.17) is 0 Å². The second-order valence-electron chi connectivity index (χ2n) is 3.94. The first-order valence-electron chi connectivity index (χ1n) is 5.58. The summed E-state index contributed by atoms with van der Waals surface area (Å²) in [7, 11) is 0. The molecule has 0 radical (unpaired) electrons. The smallest absolute Gasteiger partial charge is 0.0248 e. The van der Waals surface area contributed by atoms with Crippen molar-refractivity contribution < 1.29 is 0 Å². The third-order valence-electron chi connectivity index (χ3n) is 2.94. The number of fused-ring (bicyclic) bond motifs is 1. The standard InChI is InChI=1S/C15H16/c1-3-5-13-7-9-14-10-12(4-2)6-8-15(14)11-13/h7,9-11H,4,6,8H2,1-2H3. The highest BCUT2D eigenvalue weighted by molar-refractivity contribution is 5.61. The Morgan fingerprint density at radius 3 is 2.87 bits per heavy atom. The van der Waals surface area contributed by atoms with Gasteiger partial charge in [0.1, 0.15) is 0 Å². The summed E-state index contributed by atoms with van der Waals surface area (Å²) >= 11 is 0. The largest absolute Gasteiger partial charge is 0.101 e. The van der Waals surface area contributed by atoms with E-state index in [1.165, 1.54) is 30.4 Å². The van der Waals surface area contributed by atoms with Gasteiger partial charge >= 0.3 is 0 Å². The fourth-order valence-electron chi connectivity index (χ4n) is 2.05. The molecular formula is C15H16. The summed E-state index contributed by atoms with van der Waals surface area (Å²) in [4.78, 5) is 0. The van der Waals surface area contributed by atoms with Gasteiger partial charge in [-0.1, -0.05) is 30.6 Å². The maximum atomic E-state index is 3.11. The minimum Gasteiger partial charge on any atom is -0.101 e. The Bertz CT molecular complexity index is 453. The summed E-state index contributed by atoms with van der Waals surface area (Å²) in [5, 5.41) is 0. The fourth-order valence-corrected chi connectivity index (χ4v) is 2.05. The van der Waals surface area contributed by atoms with Crippen molar-refractivity contribution in [2.75, 3.05) is 0 Å². The Morgan fingerprint density at radius 2 is 2.13 bits per heavy atom. The first-order valence-corrected chi connectivity index (χ1v) is 5.58. The first kappa shape index (κ1) is 10.1. The van der Waals surface area contributed by atoms with Crippen LogP contribution in [0.2, 0.25) is 0 Å². The summed E-state index contributed by atoms with van der Waals surface area (Å²) in [5.74, 6) is 6.06. The van der Waals surface area contributed by atoms with Crippen LogP contribution >= 0.6 is 0 Å². The first-order chi connectivity index (χ1) is 7.33. The van der Waals surface area contributed by atoms with Crippen LogP contribution in [0.1, 0.15) is 43.4 Å². The number of hydrogen-bond acceptors (Lipinski definition) is 0. The molecule has 1 aromatic carbocycles. The van der Waals surface area contributed by atoms with Crippen molar-refractivity contribution in [1.29, 1.82) is 0 Å². The molecule has 0 heteroatoms. The third-order valence-corrected chi connectivity index (χ3v) is 2.94. The molecule has 0 spiro atoms. The van der Waals surface area contributed by atoms with E-state index in [9.17, 15) is 0 Å². The normalized spacial score (nSPS) is 13.6. The van der Waals surface area contributed by atoms with Crippen LogP contribution in [0, 0.1) is 11.8 Å². The quantitative estimate of drug-likeness (QED) is 0.599. The van der Waals surface area contributed by atoms with E-state index in [-0.39, 0.29) is 0 Å². The van der Waals surface area contributed by atoms with Crippen LogP contribution in [0.4, 0.5) is 0 Å². The van der Waals surface area contributed by atoms with Crippen LogP contribution in [-0.2, 0) is 6.42 Å². The van der Waals surface area contributed by atoms with Crippen LogP contribution in [0.3, 0.4) is 0 Å². The van der Waals surface area contributed by atoms with E-state index in [2.05, 4.69) is 43.0 Å². The van der Waals surface area contributed by atoms with Gasteiger partial charge in [0.15, 0.2) is 0 Å². The summed E-state index contributed by atoms with van der Waals surface area (Å²) < 4.78 is 0. The molecule has 0 aromatic heterocycles. The highest BCUT2D eigenvalue weighted by Gasteiger charge is 2.08. The molecule has 1 aliphatic rings. The number of allylic oxidation sites excluding steroid dienone is 1. The lowest BCUT2D eigenvalue weighted by Crippen LogP contribution is -1.99. The molecule has 0 saturated carbocycles. The van der Waals surface area contributed by atoms with Gasteiger partial charge in [-0.05, 0) is 49.4 Å². The summed E-state index contributed by atoms with van der Waals surface area (Å²) in [6.07, 6.45) is 5.90. The fraction of sp³-hybridized carbons (Fsp3) is 0.333. The zero-order chi connectivity index (χ0) is 10.7. The molecule has 0 heterocycles. The molecule has 15 heavy (non-hydrogen) atoms. The van der Waals surface area contributed by atoms with Crippen LogP contribution < -0.4 is 0 Å². The SMILES string of the molecule is CC#Cc1ccc2c(c1)CCC(CC)=C2. The van der Waals surface area contributed by atoms with Crippen molar-refractivity contribution in [3.05, 3.63) is 40.5 Å². The van der Waals surface area contributed by atoms with Crippen LogP contribution in [-0.4, -0.2) is 0 Å². The lowest BCUT2D eigenvalue weighted by Gasteiger charge is -2.15. The van der Waals surface area contributed by atoms with E-state index < -0.39 is 0 Å². The number of benzene rings is 1. The maximum absolute atomic E-state index is 3.11. The van der Waals surface area contributed by atoms with Gasteiger partial charge in [-0.25, -0.2) is 0 Å². The molecule has 0 fully saturated rings. The van der Waals surface area contributed by atoms with E-state index in [0.717, 1.165) is 5.56 Å². The second kappa shape index (κ2) is 4.36. The van der Waals surface area contributed by atoms with Gasteiger partial charge in [0.2, 0.25) is 0 Å². The Kier molecular flexibility index (Phi) is 2.92. The summed E-state index contributed by atoms with van der Waals surface area (Å²) in [6, 6.07) is 6.54. The maximum Gasteiger partial charge on any atom is 0.0248 e. The van der Waals surface area contributed by atoms with Gasteiger partial charge < -0.3 is 0 Å². The van der Waals surface area contributed by atoms with E-state index in [1.54, 1.807) is 5.57 Å². The molecule has 0 unspecified atom stereocenters. The number of rotatable bonds is 1. The zero-order valence-electron chi connectivity index (χ0n) is 9.43. The Balaban J connectivity index is 2.39. The van der Waals surface area contributed by atoms with Crippen LogP contribution in [0.15, 0.2) is 23.8 Å². The minimum atomic E-state index is 1.14. The molecule has 0 N–H and O–H groups in total. The lowest BCUT2D eigenvalue weighted by molar-refractivity contribution is 0.875. The van der Waals surface area contributed by atoms with Crippen molar-refractivity contribution in [2.45, 2.75) is 33.1 Å². The molecule has 2 rings (SSSR count). The average molecular weight is 196 g/mol. The van der Waals surface area contributed by atoms with Gasteiger partial charge in [-0.2, -0.15) is 0 Å². The van der Waals surface area contributed by atoms with Crippen molar-refractivity contribution in [2.24, 2.45) is 0 Å². The van der Waals surface area contributed by atoms with Crippen molar-refractivity contribution in [1.82, 2.24) is 0 Å². The minimum absolute atomic E-state index is 1.14. The Labute approximate surface area is 92.0 Å². The number of hydrogen-bond donors (Lipinski definition) is 0. The van der Waals surface area contributed by atoms with Crippen molar-refractivity contribution in [3.8, 4) is 11.8 Å². The topological polar surface area (TPSA) is 0 Å². The van der Waals surface area contributed by atoms with E-state index >= 15 is 0 Å². The zero-order valence-corrected chi connectivity index (χ0v) is 9.43. The van der Waals surface area contributed by atoms with Gasteiger partial charge in [0, 0.05) is 5.56 Å². The molecule has 0 bridgehead atoms. The molecule has 0 saturated heterocycles. The molecule has 1 aromatic rings. The van der Waals surface area contributed by atoms with E-state index in [0.29, 0.717) is 0 Å².